The van der Waals surface area contributed by atoms with Crippen molar-refractivity contribution in [1.82, 2.24) is 10.3 Å². The summed E-state index contributed by atoms with van der Waals surface area (Å²) in [4.78, 5) is 15.5. The standard InChI is InChI=1S/C12H20N2O2/c1-8-9(6-7-10(15)13-5)16-11(14-8)12(2,3)4/h6-7H2,1-5H3,(H,13,15). The quantitative estimate of drug-likeness (QED) is 0.853. The van der Waals surface area contributed by atoms with Gasteiger partial charge in [0.15, 0.2) is 5.89 Å². The van der Waals surface area contributed by atoms with Crippen molar-refractivity contribution in [3.63, 3.8) is 0 Å². The van der Waals surface area contributed by atoms with Gasteiger partial charge in [-0.1, -0.05) is 20.8 Å². The van der Waals surface area contributed by atoms with E-state index < -0.39 is 0 Å². The zero-order chi connectivity index (χ0) is 12.3. The Balaban J connectivity index is 2.75. The summed E-state index contributed by atoms with van der Waals surface area (Å²) >= 11 is 0. The average molecular weight is 224 g/mol. The summed E-state index contributed by atoms with van der Waals surface area (Å²) in [6.45, 7) is 8.08. The molecule has 1 N–H and O–H groups in total. The van der Waals surface area contributed by atoms with Crippen LogP contribution in [0.1, 0.15) is 44.5 Å². The van der Waals surface area contributed by atoms with Gasteiger partial charge in [-0.25, -0.2) is 4.98 Å². The molecule has 0 radical (unpaired) electrons. The lowest BCUT2D eigenvalue weighted by Crippen LogP contribution is -2.17. The SMILES string of the molecule is CNC(=O)CCc1oc(C(C)(C)C)nc1C. The minimum Gasteiger partial charge on any atom is -0.445 e. The summed E-state index contributed by atoms with van der Waals surface area (Å²) in [6, 6.07) is 0. The van der Waals surface area contributed by atoms with Gasteiger partial charge in [-0.05, 0) is 6.92 Å². The summed E-state index contributed by atoms with van der Waals surface area (Å²) in [5.74, 6) is 1.57. The molecule has 0 spiro atoms. The van der Waals surface area contributed by atoms with E-state index in [4.69, 9.17) is 4.42 Å². The van der Waals surface area contributed by atoms with Crippen LogP contribution in [-0.4, -0.2) is 17.9 Å². The molecule has 0 aliphatic carbocycles. The van der Waals surface area contributed by atoms with Crippen molar-refractivity contribution >= 4 is 5.91 Å². The predicted octanol–water partition coefficient (Wildman–Crippen LogP) is 1.96. The van der Waals surface area contributed by atoms with E-state index in [1.54, 1.807) is 7.05 Å². The van der Waals surface area contributed by atoms with E-state index in [-0.39, 0.29) is 11.3 Å². The molecule has 0 bridgehead atoms. The summed E-state index contributed by atoms with van der Waals surface area (Å²) < 4.78 is 5.68. The third-order valence-electron chi connectivity index (χ3n) is 2.39. The third kappa shape index (κ3) is 3.08. The second kappa shape index (κ2) is 4.68. The Morgan fingerprint density at radius 3 is 2.50 bits per heavy atom. The Labute approximate surface area is 96.4 Å². The van der Waals surface area contributed by atoms with E-state index in [2.05, 4.69) is 31.1 Å². The van der Waals surface area contributed by atoms with Crippen molar-refractivity contribution in [3.05, 3.63) is 17.3 Å². The first-order chi connectivity index (χ1) is 7.34. The zero-order valence-corrected chi connectivity index (χ0v) is 10.7. The first-order valence-electron chi connectivity index (χ1n) is 5.52. The van der Waals surface area contributed by atoms with Crippen molar-refractivity contribution in [1.29, 1.82) is 0 Å². The minimum absolute atomic E-state index is 0.0214. The van der Waals surface area contributed by atoms with Gasteiger partial charge in [-0.3, -0.25) is 4.79 Å². The van der Waals surface area contributed by atoms with E-state index in [1.807, 2.05) is 6.92 Å². The molecule has 1 aromatic heterocycles. The highest BCUT2D eigenvalue weighted by atomic mass is 16.4. The number of rotatable bonds is 3. The van der Waals surface area contributed by atoms with Gasteiger partial charge in [0.1, 0.15) is 5.76 Å². The fraction of sp³-hybridized carbons (Fsp3) is 0.667. The fourth-order valence-electron chi connectivity index (χ4n) is 1.33. The molecule has 0 atom stereocenters. The molecule has 4 nitrogen and oxygen atoms in total. The van der Waals surface area contributed by atoms with Crippen molar-refractivity contribution in [2.24, 2.45) is 0 Å². The number of nitrogens with one attached hydrogen (secondary N) is 1. The monoisotopic (exact) mass is 224 g/mol. The van der Waals surface area contributed by atoms with Gasteiger partial charge in [0, 0.05) is 25.3 Å². The van der Waals surface area contributed by atoms with Gasteiger partial charge >= 0.3 is 0 Å². The van der Waals surface area contributed by atoms with Crippen LogP contribution in [0.15, 0.2) is 4.42 Å². The molecule has 0 aliphatic heterocycles. The average Bonchev–Trinajstić information content (AvgIpc) is 2.56. The molecule has 0 fully saturated rings. The van der Waals surface area contributed by atoms with Gasteiger partial charge in [0.05, 0.1) is 5.69 Å². The van der Waals surface area contributed by atoms with E-state index in [1.165, 1.54) is 0 Å². The maximum atomic E-state index is 11.1. The maximum absolute atomic E-state index is 11.1. The highest BCUT2D eigenvalue weighted by Crippen LogP contribution is 2.24. The van der Waals surface area contributed by atoms with Crippen molar-refractivity contribution in [2.75, 3.05) is 7.05 Å². The highest BCUT2D eigenvalue weighted by Gasteiger charge is 2.22. The molecule has 0 unspecified atom stereocenters. The molecular weight excluding hydrogens is 204 g/mol. The van der Waals surface area contributed by atoms with E-state index in [9.17, 15) is 4.79 Å². The van der Waals surface area contributed by atoms with Gasteiger partial charge < -0.3 is 9.73 Å². The number of aromatic nitrogens is 1. The predicted molar refractivity (Wildman–Crippen MR) is 62.3 cm³/mol. The number of hydrogen-bond acceptors (Lipinski definition) is 3. The molecule has 16 heavy (non-hydrogen) atoms. The minimum atomic E-state index is -0.0873. The first-order valence-corrected chi connectivity index (χ1v) is 5.52. The molecule has 0 saturated heterocycles. The lowest BCUT2D eigenvalue weighted by atomic mass is 9.97. The van der Waals surface area contributed by atoms with Gasteiger partial charge in [0.25, 0.3) is 0 Å². The molecule has 0 aliphatic rings. The number of nitrogens with zero attached hydrogens (tertiary/aromatic N) is 1. The fourth-order valence-corrected chi connectivity index (χ4v) is 1.33. The van der Waals surface area contributed by atoms with Gasteiger partial charge in [0.2, 0.25) is 5.91 Å². The van der Waals surface area contributed by atoms with Crippen molar-refractivity contribution in [3.8, 4) is 0 Å². The topological polar surface area (TPSA) is 55.1 Å². The molecular formula is C12H20N2O2. The summed E-state index contributed by atoms with van der Waals surface area (Å²) in [5, 5.41) is 2.59. The second-order valence-corrected chi connectivity index (χ2v) is 4.95. The molecule has 1 amide bonds. The van der Waals surface area contributed by atoms with Crippen LogP contribution < -0.4 is 5.32 Å². The highest BCUT2D eigenvalue weighted by molar-refractivity contribution is 5.75. The normalized spacial score (nSPS) is 11.6. The number of oxazole rings is 1. The Bertz CT molecular complexity index is 375. The van der Waals surface area contributed by atoms with Crippen LogP contribution in [0.3, 0.4) is 0 Å². The van der Waals surface area contributed by atoms with Crippen LogP contribution >= 0.6 is 0 Å². The maximum Gasteiger partial charge on any atom is 0.220 e. The number of carbonyl (C=O) groups excluding carboxylic acids is 1. The summed E-state index contributed by atoms with van der Waals surface area (Å²) in [7, 11) is 1.64. The van der Waals surface area contributed by atoms with Gasteiger partial charge in [-0.2, -0.15) is 0 Å². The Morgan fingerprint density at radius 1 is 1.44 bits per heavy atom. The van der Waals surface area contributed by atoms with Crippen molar-refractivity contribution in [2.45, 2.75) is 46.0 Å². The zero-order valence-electron chi connectivity index (χ0n) is 10.7. The molecule has 1 aromatic rings. The van der Waals surface area contributed by atoms with Crippen LogP contribution in [0.4, 0.5) is 0 Å². The molecule has 4 heteroatoms. The van der Waals surface area contributed by atoms with Crippen LogP contribution in [0.2, 0.25) is 0 Å². The first kappa shape index (κ1) is 12.7. The smallest absolute Gasteiger partial charge is 0.220 e. The van der Waals surface area contributed by atoms with Crippen LogP contribution in [0.25, 0.3) is 0 Å². The molecule has 1 heterocycles. The molecule has 90 valence electrons. The molecule has 0 aromatic carbocycles. The second-order valence-electron chi connectivity index (χ2n) is 4.95. The summed E-state index contributed by atoms with van der Waals surface area (Å²) in [6.07, 6.45) is 1.05. The number of hydrogen-bond donors (Lipinski definition) is 1. The van der Waals surface area contributed by atoms with Crippen LogP contribution in [0, 0.1) is 6.92 Å². The lowest BCUT2D eigenvalue weighted by Gasteiger charge is -2.12. The molecule has 1 rings (SSSR count). The number of aryl methyl sites for hydroxylation is 2. The van der Waals surface area contributed by atoms with Crippen molar-refractivity contribution < 1.29 is 9.21 Å². The third-order valence-corrected chi connectivity index (χ3v) is 2.39. The van der Waals surface area contributed by atoms with Crippen LogP contribution in [0.5, 0.6) is 0 Å². The largest absolute Gasteiger partial charge is 0.445 e. The Hall–Kier alpha value is -1.32. The van der Waals surface area contributed by atoms with E-state index in [0.29, 0.717) is 12.8 Å². The number of amides is 1. The number of carbonyl (C=O) groups is 1. The lowest BCUT2D eigenvalue weighted by molar-refractivity contribution is -0.120. The van der Waals surface area contributed by atoms with E-state index in [0.717, 1.165) is 17.3 Å². The molecule has 0 saturated carbocycles. The Morgan fingerprint density at radius 2 is 2.06 bits per heavy atom. The van der Waals surface area contributed by atoms with E-state index >= 15 is 0 Å². The Kier molecular flexibility index (Phi) is 3.73. The van der Waals surface area contributed by atoms with Crippen LogP contribution in [-0.2, 0) is 16.6 Å². The van der Waals surface area contributed by atoms with Gasteiger partial charge in [-0.15, -0.1) is 0 Å². The summed E-state index contributed by atoms with van der Waals surface area (Å²) in [5.41, 5.74) is 0.796.